The minimum Gasteiger partial charge on any atom is -0.494 e. The molecule has 32 heavy (non-hydrogen) atoms. The minimum absolute atomic E-state index is 0.0197. The van der Waals surface area contributed by atoms with Gasteiger partial charge in [-0.15, -0.1) is 0 Å². The highest BCUT2D eigenvalue weighted by Crippen LogP contribution is 2.27. The fraction of sp³-hybridized carbons (Fsp3) is 0.185. The van der Waals surface area contributed by atoms with Crippen molar-refractivity contribution in [3.05, 3.63) is 99.1 Å². The molecule has 3 rings (SSSR count). The Morgan fingerprint density at radius 1 is 1.09 bits per heavy atom. The molecule has 3 aromatic rings. The molecule has 0 saturated heterocycles. The third-order valence-corrected chi connectivity index (χ3v) is 5.40. The quantitative estimate of drug-likeness (QED) is 0.334. The molecule has 0 aliphatic rings. The van der Waals surface area contributed by atoms with Crippen molar-refractivity contribution in [2.24, 2.45) is 0 Å². The Hall–Kier alpha value is -3.55. The highest BCUT2D eigenvalue weighted by molar-refractivity contribution is 6.31. The molecule has 0 unspecified atom stereocenters. The number of anilines is 1. The van der Waals surface area contributed by atoms with Gasteiger partial charge in [-0.25, -0.2) is 0 Å². The molecule has 0 aromatic heterocycles. The summed E-state index contributed by atoms with van der Waals surface area (Å²) in [4.78, 5) is 12.7. The van der Waals surface area contributed by atoms with Gasteiger partial charge in [0.05, 0.1) is 6.61 Å². The number of carbonyl (C=O) groups excluding carboxylic acids is 1. The van der Waals surface area contributed by atoms with Crippen LogP contribution in [-0.4, -0.2) is 12.5 Å². The summed E-state index contributed by atoms with van der Waals surface area (Å²) < 4.78 is 5.83. The number of amides is 1. The SMILES string of the molecule is CCOc1cc(/C=C(\C#N)C(=O)Nc2ccc(C)cc2C)ccc1Cc1ccccc1Cl. The predicted molar refractivity (Wildman–Crippen MR) is 130 cm³/mol. The summed E-state index contributed by atoms with van der Waals surface area (Å²) in [5.41, 5.74) is 5.45. The summed E-state index contributed by atoms with van der Waals surface area (Å²) in [7, 11) is 0. The molecule has 0 aliphatic heterocycles. The summed E-state index contributed by atoms with van der Waals surface area (Å²) in [6, 6.07) is 21.1. The van der Waals surface area contributed by atoms with E-state index in [1.165, 1.54) is 0 Å². The van der Waals surface area contributed by atoms with E-state index in [1.54, 1.807) is 6.08 Å². The van der Waals surface area contributed by atoms with Crippen LogP contribution in [0.1, 0.15) is 34.7 Å². The highest BCUT2D eigenvalue weighted by atomic mass is 35.5. The van der Waals surface area contributed by atoms with Crippen molar-refractivity contribution in [1.29, 1.82) is 5.26 Å². The van der Waals surface area contributed by atoms with Crippen molar-refractivity contribution in [2.75, 3.05) is 11.9 Å². The third-order valence-electron chi connectivity index (χ3n) is 5.04. The van der Waals surface area contributed by atoms with Gasteiger partial charge >= 0.3 is 0 Å². The maximum Gasteiger partial charge on any atom is 0.266 e. The number of rotatable bonds is 7. The smallest absolute Gasteiger partial charge is 0.266 e. The van der Waals surface area contributed by atoms with E-state index in [1.807, 2.05) is 87.5 Å². The van der Waals surface area contributed by atoms with Gasteiger partial charge in [0.25, 0.3) is 5.91 Å². The number of halogens is 1. The fourth-order valence-electron chi connectivity index (χ4n) is 3.40. The number of benzene rings is 3. The summed E-state index contributed by atoms with van der Waals surface area (Å²) in [5.74, 6) is 0.255. The average molecular weight is 445 g/mol. The van der Waals surface area contributed by atoms with Crippen molar-refractivity contribution in [1.82, 2.24) is 0 Å². The Balaban J connectivity index is 1.86. The van der Waals surface area contributed by atoms with E-state index in [-0.39, 0.29) is 5.57 Å². The summed E-state index contributed by atoms with van der Waals surface area (Å²) >= 11 is 6.31. The van der Waals surface area contributed by atoms with Crippen LogP contribution in [0.25, 0.3) is 6.08 Å². The van der Waals surface area contributed by atoms with Crippen molar-refractivity contribution < 1.29 is 9.53 Å². The second-order valence-corrected chi connectivity index (χ2v) is 7.92. The van der Waals surface area contributed by atoms with Gasteiger partial charge in [0.15, 0.2) is 0 Å². The minimum atomic E-state index is -0.447. The molecular weight excluding hydrogens is 420 g/mol. The molecule has 5 heteroatoms. The molecule has 0 fully saturated rings. The largest absolute Gasteiger partial charge is 0.494 e. The Bertz CT molecular complexity index is 1210. The first kappa shape index (κ1) is 23.1. The van der Waals surface area contributed by atoms with E-state index in [9.17, 15) is 10.1 Å². The van der Waals surface area contributed by atoms with Crippen molar-refractivity contribution in [3.8, 4) is 11.8 Å². The topological polar surface area (TPSA) is 62.1 Å². The number of ether oxygens (including phenoxy) is 1. The average Bonchev–Trinajstić information content (AvgIpc) is 2.77. The van der Waals surface area contributed by atoms with Crippen LogP contribution >= 0.6 is 11.6 Å². The number of carbonyl (C=O) groups is 1. The molecule has 1 N–H and O–H groups in total. The van der Waals surface area contributed by atoms with Crippen molar-refractivity contribution in [2.45, 2.75) is 27.2 Å². The van der Waals surface area contributed by atoms with Crippen LogP contribution in [0.15, 0.2) is 66.2 Å². The first-order valence-corrected chi connectivity index (χ1v) is 10.8. The zero-order valence-corrected chi connectivity index (χ0v) is 19.2. The maximum atomic E-state index is 12.7. The number of nitriles is 1. The first-order chi connectivity index (χ1) is 15.4. The summed E-state index contributed by atoms with van der Waals surface area (Å²) in [6.07, 6.45) is 2.19. The van der Waals surface area contributed by atoms with E-state index in [2.05, 4.69) is 5.32 Å². The summed E-state index contributed by atoms with van der Waals surface area (Å²) in [6.45, 7) is 6.33. The normalized spacial score (nSPS) is 11.0. The van der Waals surface area contributed by atoms with Crippen LogP contribution < -0.4 is 10.1 Å². The molecule has 0 saturated carbocycles. The van der Waals surface area contributed by atoms with E-state index in [0.29, 0.717) is 35.1 Å². The lowest BCUT2D eigenvalue weighted by atomic mass is 10.0. The molecule has 1 amide bonds. The van der Waals surface area contributed by atoms with Crippen molar-refractivity contribution >= 4 is 29.3 Å². The Morgan fingerprint density at radius 3 is 2.56 bits per heavy atom. The van der Waals surface area contributed by atoms with Crippen LogP contribution in [0, 0.1) is 25.2 Å². The van der Waals surface area contributed by atoms with Gasteiger partial charge in [0.1, 0.15) is 17.4 Å². The lowest BCUT2D eigenvalue weighted by molar-refractivity contribution is -0.112. The van der Waals surface area contributed by atoms with E-state index >= 15 is 0 Å². The summed E-state index contributed by atoms with van der Waals surface area (Å²) in [5, 5.41) is 13.1. The zero-order chi connectivity index (χ0) is 23.1. The Morgan fingerprint density at radius 2 is 1.88 bits per heavy atom. The Kier molecular flexibility index (Phi) is 7.70. The van der Waals surface area contributed by atoms with E-state index in [4.69, 9.17) is 16.3 Å². The maximum absolute atomic E-state index is 12.7. The molecule has 0 atom stereocenters. The zero-order valence-electron chi connectivity index (χ0n) is 18.4. The molecular formula is C27H25ClN2O2. The molecule has 0 spiro atoms. The Labute approximate surface area is 194 Å². The second kappa shape index (κ2) is 10.7. The number of hydrogen-bond donors (Lipinski definition) is 1. The standard InChI is InChI=1S/C27H25ClN2O2/c1-4-32-26-15-20(10-11-22(26)16-21-7-5-6-8-24(21)28)14-23(17-29)27(31)30-25-12-9-18(2)13-19(25)3/h5-15H,4,16H2,1-3H3,(H,30,31)/b23-14+. The molecule has 0 radical (unpaired) electrons. The monoisotopic (exact) mass is 444 g/mol. The molecule has 3 aromatic carbocycles. The fourth-order valence-corrected chi connectivity index (χ4v) is 3.61. The molecule has 0 bridgehead atoms. The van der Waals surface area contributed by atoms with Crippen LogP contribution in [0.5, 0.6) is 5.75 Å². The number of hydrogen-bond acceptors (Lipinski definition) is 3. The molecule has 0 heterocycles. The van der Waals surface area contributed by atoms with Crippen LogP contribution in [-0.2, 0) is 11.2 Å². The van der Waals surface area contributed by atoms with Crippen LogP contribution in [0.3, 0.4) is 0 Å². The third kappa shape index (κ3) is 5.78. The van der Waals surface area contributed by atoms with Crippen LogP contribution in [0.4, 0.5) is 5.69 Å². The van der Waals surface area contributed by atoms with Gasteiger partial charge in [-0.05, 0) is 67.3 Å². The number of aryl methyl sites for hydroxylation is 2. The molecule has 0 aliphatic carbocycles. The lowest BCUT2D eigenvalue weighted by Gasteiger charge is -2.13. The van der Waals surface area contributed by atoms with Gasteiger partial charge in [0.2, 0.25) is 0 Å². The molecule has 4 nitrogen and oxygen atoms in total. The van der Waals surface area contributed by atoms with Gasteiger partial charge in [-0.2, -0.15) is 5.26 Å². The van der Waals surface area contributed by atoms with E-state index < -0.39 is 5.91 Å². The first-order valence-electron chi connectivity index (χ1n) is 10.4. The van der Waals surface area contributed by atoms with Gasteiger partial charge in [-0.1, -0.05) is 59.6 Å². The van der Waals surface area contributed by atoms with E-state index in [0.717, 1.165) is 22.3 Å². The number of nitrogens with one attached hydrogen (secondary N) is 1. The van der Waals surface area contributed by atoms with Gasteiger partial charge in [0, 0.05) is 17.1 Å². The predicted octanol–water partition coefficient (Wildman–Crippen LogP) is 6.49. The lowest BCUT2D eigenvalue weighted by Crippen LogP contribution is -2.14. The van der Waals surface area contributed by atoms with Gasteiger partial charge in [-0.3, -0.25) is 4.79 Å². The second-order valence-electron chi connectivity index (χ2n) is 7.51. The number of nitrogens with zero attached hydrogens (tertiary/aromatic N) is 1. The van der Waals surface area contributed by atoms with Crippen molar-refractivity contribution in [3.63, 3.8) is 0 Å². The van der Waals surface area contributed by atoms with Gasteiger partial charge < -0.3 is 10.1 Å². The molecule has 162 valence electrons. The highest BCUT2D eigenvalue weighted by Gasteiger charge is 2.13. The van der Waals surface area contributed by atoms with Crippen LogP contribution in [0.2, 0.25) is 5.02 Å².